The highest BCUT2D eigenvalue weighted by atomic mass is 79.9. The van der Waals surface area contributed by atoms with Gasteiger partial charge in [0.1, 0.15) is 11.4 Å². The zero-order valence-corrected chi connectivity index (χ0v) is 16.5. The number of pyridine rings is 1. The van der Waals surface area contributed by atoms with Crippen molar-refractivity contribution in [2.75, 3.05) is 38.0 Å². The second-order valence-electron chi connectivity index (χ2n) is 7.00. The summed E-state index contributed by atoms with van der Waals surface area (Å²) in [6.07, 6.45) is 2.14. The highest BCUT2D eigenvalue weighted by molar-refractivity contribution is 9.10. The zero-order chi connectivity index (χ0) is 18.4. The van der Waals surface area contributed by atoms with Crippen molar-refractivity contribution >= 4 is 33.7 Å². The number of hydrogen-bond acceptors (Lipinski definition) is 5. The van der Waals surface area contributed by atoms with Crippen molar-refractivity contribution in [2.24, 2.45) is 0 Å². The van der Waals surface area contributed by atoms with Crippen LogP contribution >= 0.6 is 15.9 Å². The maximum absolute atomic E-state index is 12.2. The summed E-state index contributed by atoms with van der Waals surface area (Å²) < 4.78 is 6.28. The van der Waals surface area contributed by atoms with E-state index < -0.39 is 5.60 Å². The molecule has 0 saturated carbocycles. The van der Waals surface area contributed by atoms with Gasteiger partial charge in [-0.05, 0) is 39.3 Å². The van der Waals surface area contributed by atoms with Gasteiger partial charge in [-0.2, -0.15) is 0 Å². The quantitative estimate of drug-likeness (QED) is 0.825. The first-order valence-corrected chi connectivity index (χ1v) is 9.14. The van der Waals surface area contributed by atoms with Crippen LogP contribution in [0.1, 0.15) is 27.2 Å². The molecule has 1 aliphatic heterocycles. The molecule has 0 radical (unpaired) electrons. The normalized spacial score (nSPS) is 16.2. The number of nitrogens with one attached hydrogen (secondary N) is 1. The van der Waals surface area contributed by atoms with Crippen LogP contribution in [0.25, 0.3) is 0 Å². The number of rotatable bonds is 3. The third kappa shape index (κ3) is 6.99. The molecule has 0 aromatic carbocycles. The molecule has 8 heteroatoms. The fourth-order valence-corrected chi connectivity index (χ4v) is 2.83. The van der Waals surface area contributed by atoms with E-state index in [9.17, 15) is 9.59 Å². The average molecular weight is 413 g/mol. The van der Waals surface area contributed by atoms with E-state index in [4.69, 9.17) is 4.74 Å². The number of hydrogen-bond donors (Lipinski definition) is 1. The topological polar surface area (TPSA) is 74.8 Å². The van der Waals surface area contributed by atoms with Crippen molar-refractivity contribution in [1.29, 1.82) is 0 Å². The predicted molar refractivity (Wildman–Crippen MR) is 99.4 cm³/mol. The maximum Gasteiger partial charge on any atom is 0.410 e. The molecule has 0 aliphatic carbocycles. The van der Waals surface area contributed by atoms with Gasteiger partial charge in [-0.1, -0.05) is 15.9 Å². The van der Waals surface area contributed by atoms with Crippen molar-refractivity contribution in [2.45, 2.75) is 32.8 Å². The Morgan fingerprint density at radius 3 is 2.72 bits per heavy atom. The Balaban J connectivity index is 1.82. The van der Waals surface area contributed by atoms with E-state index in [2.05, 4.69) is 26.2 Å². The van der Waals surface area contributed by atoms with E-state index in [-0.39, 0.29) is 18.5 Å². The predicted octanol–water partition coefficient (Wildman–Crippen LogP) is 2.73. The number of amides is 2. The van der Waals surface area contributed by atoms with Crippen LogP contribution in [0.2, 0.25) is 0 Å². The minimum absolute atomic E-state index is 0.115. The van der Waals surface area contributed by atoms with E-state index in [0.29, 0.717) is 25.5 Å². The summed E-state index contributed by atoms with van der Waals surface area (Å²) in [5.74, 6) is 0.404. The third-order valence-electron chi connectivity index (χ3n) is 3.60. The molecule has 2 rings (SSSR count). The molecule has 1 saturated heterocycles. The smallest absolute Gasteiger partial charge is 0.410 e. The Labute approximate surface area is 156 Å². The molecule has 1 aliphatic rings. The van der Waals surface area contributed by atoms with Crippen LogP contribution in [-0.2, 0) is 9.53 Å². The van der Waals surface area contributed by atoms with E-state index in [1.54, 1.807) is 23.2 Å². The molecule has 25 heavy (non-hydrogen) atoms. The van der Waals surface area contributed by atoms with Gasteiger partial charge in [-0.3, -0.25) is 9.69 Å². The fraction of sp³-hybridized carbons (Fsp3) is 0.588. The van der Waals surface area contributed by atoms with Crippen LogP contribution in [0.5, 0.6) is 0 Å². The summed E-state index contributed by atoms with van der Waals surface area (Å²) in [7, 11) is 0. The molecule has 7 nitrogen and oxygen atoms in total. The highest BCUT2D eigenvalue weighted by Gasteiger charge is 2.25. The first-order valence-electron chi connectivity index (χ1n) is 8.34. The molecule has 1 N–H and O–H groups in total. The summed E-state index contributed by atoms with van der Waals surface area (Å²) in [4.78, 5) is 32.2. The SMILES string of the molecule is CC(C)(C)OC(=O)N1CCCN(CC(=O)Nc2cc(Br)ccn2)CC1. The maximum atomic E-state index is 12.2. The van der Waals surface area contributed by atoms with E-state index in [1.807, 2.05) is 25.7 Å². The fourth-order valence-electron chi connectivity index (χ4n) is 2.50. The molecule has 0 unspecified atom stereocenters. The first kappa shape index (κ1) is 19.7. The Kier molecular flexibility index (Phi) is 6.78. The Morgan fingerprint density at radius 2 is 2.04 bits per heavy atom. The minimum Gasteiger partial charge on any atom is -0.444 e. The number of halogens is 1. The standard InChI is InChI=1S/C17H25BrN4O3/c1-17(2,3)25-16(24)22-8-4-7-21(9-10-22)12-15(23)20-14-11-13(18)5-6-19-14/h5-6,11H,4,7-10,12H2,1-3H3,(H,19,20,23). The van der Waals surface area contributed by atoms with Gasteiger partial charge in [0.25, 0.3) is 0 Å². The van der Waals surface area contributed by atoms with Crippen LogP contribution in [0.15, 0.2) is 22.8 Å². The Hall–Kier alpha value is -1.67. The lowest BCUT2D eigenvalue weighted by Gasteiger charge is -2.26. The second kappa shape index (κ2) is 8.62. The van der Waals surface area contributed by atoms with Crippen molar-refractivity contribution in [3.05, 3.63) is 22.8 Å². The number of nitrogens with zero attached hydrogens (tertiary/aromatic N) is 3. The Morgan fingerprint density at radius 1 is 1.28 bits per heavy atom. The Bertz CT molecular complexity index is 618. The molecule has 1 aromatic heterocycles. The molecule has 1 fully saturated rings. The number of ether oxygens (including phenoxy) is 1. The number of carbonyl (C=O) groups is 2. The lowest BCUT2D eigenvalue weighted by Crippen LogP contribution is -2.40. The molecule has 138 valence electrons. The zero-order valence-electron chi connectivity index (χ0n) is 14.9. The van der Waals surface area contributed by atoms with Gasteiger partial charge in [0.2, 0.25) is 5.91 Å². The summed E-state index contributed by atoms with van der Waals surface area (Å²) >= 11 is 3.35. The van der Waals surface area contributed by atoms with Gasteiger partial charge in [0.15, 0.2) is 0 Å². The minimum atomic E-state index is -0.500. The average Bonchev–Trinajstić information content (AvgIpc) is 2.71. The molecule has 1 aromatic rings. The van der Waals surface area contributed by atoms with Gasteiger partial charge in [-0.15, -0.1) is 0 Å². The lowest BCUT2D eigenvalue weighted by molar-refractivity contribution is -0.117. The van der Waals surface area contributed by atoms with Crippen molar-refractivity contribution in [1.82, 2.24) is 14.8 Å². The molecular formula is C17H25BrN4O3. The van der Waals surface area contributed by atoms with Gasteiger partial charge < -0.3 is 15.0 Å². The van der Waals surface area contributed by atoms with Gasteiger partial charge >= 0.3 is 6.09 Å². The third-order valence-corrected chi connectivity index (χ3v) is 4.09. The molecular weight excluding hydrogens is 388 g/mol. The monoisotopic (exact) mass is 412 g/mol. The molecule has 2 heterocycles. The van der Waals surface area contributed by atoms with Crippen molar-refractivity contribution in [3.8, 4) is 0 Å². The van der Waals surface area contributed by atoms with Crippen LogP contribution in [0.4, 0.5) is 10.6 Å². The van der Waals surface area contributed by atoms with E-state index in [0.717, 1.165) is 17.4 Å². The van der Waals surface area contributed by atoms with E-state index >= 15 is 0 Å². The van der Waals surface area contributed by atoms with Crippen LogP contribution in [0.3, 0.4) is 0 Å². The number of carbonyl (C=O) groups excluding carboxylic acids is 2. The largest absolute Gasteiger partial charge is 0.444 e. The van der Waals surface area contributed by atoms with Gasteiger partial charge in [0.05, 0.1) is 6.54 Å². The summed E-state index contributed by atoms with van der Waals surface area (Å²) in [5, 5.41) is 2.79. The summed E-state index contributed by atoms with van der Waals surface area (Å²) in [5.41, 5.74) is -0.500. The van der Waals surface area contributed by atoms with Gasteiger partial charge in [-0.25, -0.2) is 9.78 Å². The van der Waals surface area contributed by atoms with E-state index in [1.165, 1.54) is 0 Å². The lowest BCUT2D eigenvalue weighted by atomic mass is 10.2. The van der Waals surface area contributed by atoms with Crippen LogP contribution < -0.4 is 5.32 Å². The van der Waals surface area contributed by atoms with Gasteiger partial charge in [0, 0.05) is 36.8 Å². The van der Waals surface area contributed by atoms with Crippen LogP contribution in [0, 0.1) is 0 Å². The molecule has 0 atom stereocenters. The van der Waals surface area contributed by atoms with Crippen molar-refractivity contribution in [3.63, 3.8) is 0 Å². The first-order chi connectivity index (χ1) is 11.7. The molecule has 2 amide bonds. The summed E-state index contributed by atoms with van der Waals surface area (Å²) in [6.45, 7) is 8.44. The number of anilines is 1. The van der Waals surface area contributed by atoms with Crippen LogP contribution in [-0.4, -0.2) is 65.1 Å². The molecule has 0 bridgehead atoms. The number of aromatic nitrogens is 1. The second-order valence-corrected chi connectivity index (χ2v) is 7.92. The summed E-state index contributed by atoms with van der Waals surface area (Å²) in [6, 6.07) is 3.56. The van der Waals surface area contributed by atoms with Crippen molar-refractivity contribution < 1.29 is 14.3 Å². The highest BCUT2D eigenvalue weighted by Crippen LogP contribution is 2.14. The molecule has 0 spiro atoms.